The van der Waals surface area contributed by atoms with Crippen LogP contribution < -0.4 is 0 Å². The van der Waals surface area contributed by atoms with E-state index in [1.165, 1.54) is 32.5 Å². The molecule has 3 aliphatic rings. The summed E-state index contributed by atoms with van der Waals surface area (Å²) in [6, 6.07) is 0.726. The predicted molar refractivity (Wildman–Crippen MR) is 64.6 cm³/mol. The van der Waals surface area contributed by atoms with Crippen molar-refractivity contribution in [2.45, 2.75) is 50.7 Å². The smallest absolute Gasteiger partial charge is 0.0645 e. The molecule has 3 heteroatoms. The highest BCUT2D eigenvalue weighted by atomic mass is 16.5. The van der Waals surface area contributed by atoms with Gasteiger partial charge in [0, 0.05) is 24.2 Å². The summed E-state index contributed by atoms with van der Waals surface area (Å²) in [5.41, 5.74) is 0.858. The van der Waals surface area contributed by atoms with Crippen LogP contribution in [0.25, 0.3) is 0 Å². The topological polar surface area (TPSA) is 15.7 Å². The molecule has 0 aromatic heterocycles. The van der Waals surface area contributed by atoms with Crippen LogP contribution in [0.15, 0.2) is 0 Å². The van der Waals surface area contributed by atoms with Crippen LogP contribution in [0.5, 0.6) is 0 Å². The number of likely N-dealkylation sites (tertiary alicyclic amines) is 2. The standard InChI is InChI=1S/C13H24N2O/c1-12(2,3)14-9-13(10-14)5-4-6-15(13)11-7-16-8-11/h11H,4-10H2,1-3H3. The Morgan fingerprint density at radius 1 is 1.19 bits per heavy atom. The molecule has 16 heavy (non-hydrogen) atoms. The second kappa shape index (κ2) is 3.44. The van der Waals surface area contributed by atoms with E-state index in [4.69, 9.17) is 4.74 Å². The van der Waals surface area contributed by atoms with Crippen molar-refractivity contribution >= 4 is 0 Å². The fraction of sp³-hybridized carbons (Fsp3) is 1.00. The third-order valence-corrected chi connectivity index (χ3v) is 4.63. The van der Waals surface area contributed by atoms with Gasteiger partial charge in [0.2, 0.25) is 0 Å². The molecule has 3 saturated heterocycles. The molecule has 0 bridgehead atoms. The van der Waals surface area contributed by atoms with Gasteiger partial charge in [-0.3, -0.25) is 9.80 Å². The molecule has 3 nitrogen and oxygen atoms in total. The largest absolute Gasteiger partial charge is 0.378 e. The van der Waals surface area contributed by atoms with E-state index in [0.717, 1.165) is 19.3 Å². The minimum atomic E-state index is 0.343. The molecular formula is C13H24N2O. The molecule has 0 N–H and O–H groups in total. The highest BCUT2D eigenvalue weighted by molar-refractivity contribution is 5.11. The second-order valence-corrected chi connectivity index (χ2v) is 6.74. The summed E-state index contributed by atoms with van der Waals surface area (Å²) in [5, 5.41) is 0. The number of hydrogen-bond acceptors (Lipinski definition) is 3. The average molecular weight is 224 g/mol. The van der Waals surface area contributed by atoms with Crippen molar-refractivity contribution in [3.8, 4) is 0 Å². The molecule has 0 radical (unpaired) electrons. The minimum Gasteiger partial charge on any atom is -0.378 e. The van der Waals surface area contributed by atoms with Crippen molar-refractivity contribution < 1.29 is 4.74 Å². The zero-order valence-electron chi connectivity index (χ0n) is 10.8. The number of nitrogens with zero attached hydrogens (tertiary/aromatic N) is 2. The van der Waals surface area contributed by atoms with Gasteiger partial charge < -0.3 is 4.74 Å². The van der Waals surface area contributed by atoms with Crippen molar-refractivity contribution in [3.05, 3.63) is 0 Å². The summed E-state index contributed by atoms with van der Waals surface area (Å²) >= 11 is 0. The van der Waals surface area contributed by atoms with E-state index in [1.807, 2.05) is 0 Å². The van der Waals surface area contributed by atoms with E-state index >= 15 is 0 Å². The van der Waals surface area contributed by atoms with Gasteiger partial charge >= 0.3 is 0 Å². The quantitative estimate of drug-likeness (QED) is 0.668. The Labute approximate surface area is 98.7 Å². The first kappa shape index (κ1) is 11.0. The van der Waals surface area contributed by atoms with Crippen molar-refractivity contribution in [2.75, 3.05) is 32.8 Å². The third kappa shape index (κ3) is 1.52. The van der Waals surface area contributed by atoms with Gasteiger partial charge in [-0.05, 0) is 40.2 Å². The van der Waals surface area contributed by atoms with Crippen molar-refractivity contribution in [1.29, 1.82) is 0 Å². The summed E-state index contributed by atoms with van der Waals surface area (Å²) in [6.07, 6.45) is 2.78. The molecule has 0 aliphatic carbocycles. The van der Waals surface area contributed by atoms with Gasteiger partial charge in [-0.15, -0.1) is 0 Å². The lowest BCUT2D eigenvalue weighted by Gasteiger charge is -2.60. The number of rotatable bonds is 1. The molecule has 3 rings (SSSR count). The Hall–Kier alpha value is -0.120. The summed E-state index contributed by atoms with van der Waals surface area (Å²) in [5.74, 6) is 0. The van der Waals surface area contributed by atoms with Crippen molar-refractivity contribution in [3.63, 3.8) is 0 Å². The van der Waals surface area contributed by atoms with Gasteiger partial charge in [0.15, 0.2) is 0 Å². The SMILES string of the molecule is CC(C)(C)N1CC2(CCCN2C2COC2)C1. The van der Waals surface area contributed by atoms with Crippen LogP contribution in [0.1, 0.15) is 33.6 Å². The van der Waals surface area contributed by atoms with Crippen LogP contribution in [-0.4, -0.2) is 59.8 Å². The van der Waals surface area contributed by atoms with E-state index in [-0.39, 0.29) is 0 Å². The zero-order valence-corrected chi connectivity index (χ0v) is 10.8. The zero-order chi connectivity index (χ0) is 11.4. The Morgan fingerprint density at radius 3 is 2.38 bits per heavy atom. The molecule has 0 saturated carbocycles. The highest BCUT2D eigenvalue weighted by Gasteiger charge is 2.54. The first-order chi connectivity index (χ1) is 7.51. The molecule has 0 amide bonds. The molecule has 0 aromatic rings. The molecule has 3 fully saturated rings. The summed E-state index contributed by atoms with van der Waals surface area (Å²) < 4.78 is 5.35. The average Bonchev–Trinajstić information content (AvgIpc) is 2.40. The normalized spacial score (nSPS) is 31.7. The molecule has 1 spiro atoms. The molecular weight excluding hydrogens is 200 g/mol. The summed E-state index contributed by atoms with van der Waals surface area (Å²) in [4.78, 5) is 5.36. The molecule has 0 unspecified atom stereocenters. The first-order valence-corrected chi connectivity index (χ1v) is 6.61. The van der Waals surface area contributed by atoms with Crippen LogP contribution in [0, 0.1) is 0 Å². The van der Waals surface area contributed by atoms with Crippen LogP contribution >= 0.6 is 0 Å². The fourth-order valence-corrected chi connectivity index (χ4v) is 3.41. The van der Waals surface area contributed by atoms with E-state index < -0.39 is 0 Å². The summed E-state index contributed by atoms with van der Waals surface area (Å²) in [7, 11) is 0. The maximum absolute atomic E-state index is 5.35. The Kier molecular flexibility index (Phi) is 2.36. The molecule has 3 aliphatic heterocycles. The third-order valence-electron chi connectivity index (χ3n) is 4.63. The highest BCUT2D eigenvalue weighted by Crippen LogP contribution is 2.42. The number of ether oxygens (including phenoxy) is 1. The fourth-order valence-electron chi connectivity index (χ4n) is 3.41. The van der Waals surface area contributed by atoms with E-state index in [0.29, 0.717) is 11.1 Å². The van der Waals surface area contributed by atoms with Crippen LogP contribution in [-0.2, 0) is 4.74 Å². The van der Waals surface area contributed by atoms with Crippen LogP contribution in [0.4, 0.5) is 0 Å². The maximum atomic E-state index is 5.35. The second-order valence-electron chi connectivity index (χ2n) is 6.74. The van der Waals surface area contributed by atoms with Gasteiger partial charge in [-0.2, -0.15) is 0 Å². The predicted octanol–water partition coefficient (Wildman–Crippen LogP) is 1.33. The van der Waals surface area contributed by atoms with Gasteiger partial charge in [-0.1, -0.05) is 0 Å². The van der Waals surface area contributed by atoms with Gasteiger partial charge in [-0.25, -0.2) is 0 Å². The molecule has 0 aromatic carbocycles. The summed E-state index contributed by atoms with van der Waals surface area (Å²) in [6.45, 7) is 12.8. The lowest BCUT2D eigenvalue weighted by Crippen LogP contribution is -2.74. The number of hydrogen-bond donors (Lipinski definition) is 0. The Bertz CT molecular complexity index is 274. The monoisotopic (exact) mass is 224 g/mol. The molecule has 3 heterocycles. The van der Waals surface area contributed by atoms with Crippen LogP contribution in [0.3, 0.4) is 0 Å². The lowest BCUT2D eigenvalue weighted by molar-refractivity contribution is -0.144. The van der Waals surface area contributed by atoms with Crippen molar-refractivity contribution in [2.24, 2.45) is 0 Å². The maximum Gasteiger partial charge on any atom is 0.0645 e. The molecule has 0 atom stereocenters. The van der Waals surface area contributed by atoms with E-state index in [9.17, 15) is 0 Å². The van der Waals surface area contributed by atoms with E-state index in [2.05, 4.69) is 30.6 Å². The first-order valence-electron chi connectivity index (χ1n) is 6.61. The van der Waals surface area contributed by atoms with Crippen molar-refractivity contribution in [1.82, 2.24) is 9.80 Å². The lowest BCUT2D eigenvalue weighted by atomic mass is 9.82. The van der Waals surface area contributed by atoms with Gasteiger partial charge in [0.05, 0.1) is 19.3 Å². The Morgan fingerprint density at radius 2 is 1.88 bits per heavy atom. The van der Waals surface area contributed by atoms with E-state index in [1.54, 1.807) is 0 Å². The minimum absolute atomic E-state index is 0.343. The van der Waals surface area contributed by atoms with Gasteiger partial charge in [0.25, 0.3) is 0 Å². The van der Waals surface area contributed by atoms with Gasteiger partial charge in [0.1, 0.15) is 0 Å². The Balaban J connectivity index is 1.66. The van der Waals surface area contributed by atoms with Crippen LogP contribution in [0.2, 0.25) is 0 Å². The molecule has 92 valence electrons.